The summed E-state index contributed by atoms with van der Waals surface area (Å²) in [6.45, 7) is 5.17. The Bertz CT molecular complexity index is 550. The standard InChI is InChI=1S/C10H13N5O2/c1-5-8(12-7(3)17-5)9(16)13-10-11-6(2)15(4)14-10/h1-4H3,(H,13,14,16). The quantitative estimate of drug-likeness (QED) is 0.838. The molecule has 0 aromatic carbocycles. The molecular weight excluding hydrogens is 222 g/mol. The van der Waals surface area contributed by atoms with Crippen LogP contribution in [0, 0.1) is 20.8 Å². The summed E-state index contributed by atoms with van der Waals surface area (Å²) in [5.41, 5.74) is 0.257. The summed E-state index contributed by atoms with van der Waals surface area (Å²) in [7, 11) is 1.75. The zero-order chi connectivity index (χ0) is 12.6. The normalized spacial score (nSPS) is 10.6. The summed E-state index contributed by atoms with van der Waals surface area (Å²) in [4.78, 5) is 19.9. The summed E-state index contributed by atoms with van der Waals surface area (Å²) in [6.07, 6.45) is 0. The highest BCUT2D eigenvalue weighted by atomic mass is 16.4. The van der Waals surface area contributed by atoms with E-state index in [1.54, 1.807) is 32.5 Å². The maximum absolute atomic E-state index is 11.8. The van der Waals surface area contributed by atoms with Gasteiger partial charge in [0, 0.05) is 14.0 Å². The summed E-state index contributed by atoms with van der Waals surface area (Å²) in [6, 6.07) is 0. The van der Waals surface area contributed by atoms with Crippen molar-refractivity contribution < 1.29 is 9.21 Å². The lowest BCUT2D eigenvalue weighted by atomic mass is 10.3. The summed E-state index contributed by atoms with van der Waals surface area (Å²) >= 11 is 0. The molecule has 0 spiro atoms. The van der Waals surface area contributed by atoms with E-state index in [-0.39, 0.29) is 17.5 Å². The van der Waals surface area contributed by atoms with Gasteiger partial charge in [0.2, 0.25) is 5.95 Å². The van der Waals surface area contributed by atoms with E-state index in [2.05, 4.69) is 20.4 Å². The molecule has 2 aromatic heterocycles. The molecule has 7 heteroatoms. The van der Waals surface area contributed by atoms with E-state index in [0.717, 1.165) is 0 Å². The minimum Gasteiger partial charge on any atom is -0.445 e. The fourth-order valence-electron chi connectivity index (χ4n) is 1.42. The van der Waals surface area contributed by atoms with E-state index in [1.165, 1.54) is 0 Å². The molecular formula is C10H13N5O2. The van der Waals surface area contributed by atoms with Crippen LogP contribution in [-0.2, 0) is 7.05 Å². The third kappa shape index (κ3) is 2.17. The van der Waals surface area contributed by atoms with Gasteiger partial charge in [-0.15, -0.1) is 5.10 Å². The Kier molecular flexibility index (Phi) is 2.66. The van der Waals surface area contributed by atoms with Gasteiger partial charge < -0.3 is 4.42 Å². The molecule has 0 aliphatic rings. The second kappa shape index (κ2) is 4.00. The van der Waals surface area contributed by atoms with Crippen molar-refractivity contribution in [1.29, 1.82) is 0 Å². The molecule has 0 fully saturated rings. The molecule has 90 valence electrons. The van der Waals surface area contributed by atoms with Crippen LogP contribution in [0.3, 0.4) is 0 Å². The number of carbonyl (C=O) groups is 1. The van der Waals surface area contributed by atoms with Crippen molar-refractivity contribution >= 4 is 11.9 Å². The number of anilines is 1. The van der Waals surface area contributed by atoms with Crippen LogP contribution in [0.4, 0.5) is 5.95 Å². The molecule has 0 aliphatic heterocycles. The van der Waals surface area contributed by atoms with Crippen LogP contribution in [0.25, 0.3) is 0 Å². The van der Waals surface area contributed by atoms with Gasteiger partial charge in [-0.05, 0) is 13.8 Å². The van der Waals surface area contributed by atoms with E-state index < -0.39 is 0 Å². The van der Waals surface area contributed by atoms with Crippen molar-refractivity contribution in [3.63, 3.8) is 0 Å². The lowest BCUT2D eigenvalue weighted by Gasteiger charge is -1.96. The van der Waals surface area contributed by atoms with Gasteiger partial charge in [0.25, 0.3) is 5.91 Å². The largest absolute Gasteiger partial charge is 0.445 e. The molecule has 0 aliphatic carbocycles. The number of hydrogen-bond acceptors (Lipinski definition) is 5. The van der Waals surface area contributed by atoms with Gasteiger partial charge in [-0.2, -0.15) is 4.98 Å². The van der Waals surface area contributed by atoms with Crippen LogP contribution in [0.15, 0.2) is 4.42 Å². The molecule has 0 bridgehead atoms. The SMILES string of the molecule is Cc1nc(C(=O)Nc2nc(C)n(C)n2)c(C)o1. The predicted molar refractivity (Wildman–Crippen MR) is 59.7 cm³/mol. The van der Waals surface area contributed by atoms with Crippen molar-refractivity contribution in [3.8, 4) is 0 Å². The van der Waals surface area contributed by atoms with Crippen LogP contribution in [0.1, 0.15) is 28.0 Å². The fraction of sp³-hybridized carbons (Fsp3) is 0.400. The van der Waals surface area contributed by atoms with Crippen molar-refractivity contribution in [2.24, 2.45) is 7.05 Å². The van der Waals surface area contributed by atoms with E-state index >= 15 is 0 Å². The molecule has 2 aromatic rings. The number of nitrogens with zero attached hydrogens (tertiary/aromatic N) is 4. The molecule has 1 amide bonds. The minimum atomic E-state index is -0.370. The molecule has 0 radical (unpaired) electrons. The first-order valence-electron chi connectivity index (χ1n) is 5.10. The van der Waals surface area contributed by atoms with Gasteiger partial charge in [-0.3, -0.25) is 14.8 Å². The highest BCUT2D eigenvalue weighted by Crippen LogP contribution is 2.10. The third-order valence-corrected chi connectivity index (χ3v) is 2.32. The number of rotatable bonds is 2. The second-order valence-corrected chi connectivity index (χ2v) is 3.70. The Labute approximate surface area is 97.9 Å². The van der Waals surface area contributed by atoms with Gasteiger partial charge in [0.05, 0.1) is 0 Å². The predicted octanol–water partition coefficient (Wildman–Crippen LogP) is 0.981. The first kappa shape index (κ1) is 11.3. The zero-order valence-corrected chi connectivity index (χ0v) is 10.1. The number of aryl methyl sites for hydroxylation is 4. The maximum atomic E-state index is 11.8. The van der Waals surface area contributed by atoms with E-state index in [4.69, 9.17) is 4.42 Å². The lowest BCUT2D eigenvalue weighted by Crippen LogP contribution is -2.14. The Morgan fingerprint density at radius 2 is 2.00 bits per heavy atom. The number of hydrogen-bond donors (Lipinski definition) is 1. The molecule has 7 nitrogen and oxygen atoms in total. The second-order valence-electron chi connectivity index (χ2n) is 3.70. The van der Waals surface area contributed by atoms with Crippen molar-refractivity contribution in [2.75, 3.05) is 5.32 Å². The Morgan fingerprint density at radius 3 is 2.47 bits per heavy atom. The van der Waals surface area contributed by atoms with Gasteiger partial charge in [0.15, 0.2) is 11.6 Å². The summed E-state index contributed by atoms with van der Waals surface area (Å²) < 4.78 is 6.76. The van der Waals surface area contributed by atoms with Gasteiger partial charge in [-0.25, -0.2) is 4.98 Å². The van der Waals surface area contributed by atoms with Gasteiger partial charge in [0.1, 0.15) is 11.6 Å². The molecule has 0 saturated carbocycles. The Balaban J connectivity index is 2.19. The Hall–Kier alpha value is -2.18. The van der Waals surface area contributed by atoms with Crippen molar-refractivity contribution in [2.45, 2.75) is 20.8 Å². The molecule has 1 N–H and O–H groups in total. The van der Waals surface area contributed by atoms with Crippen LogP contribution < -0.4 is 5.32 Å². The van der Waals surface area contributed by atoms with Crippen LogP contribution >= 0.6 is 0 Å². The molecule has 0 saturated heterocycles. The van der Waals surface area contributed by atoms with Gasteiger partial charge in [-0.1, -0.05) is 0 Å². The molecule has 17 heavy (non-hydrogen) atoms. The monoisotopic (exact) mass is 235 g/mol. The minimum absolute atomic E-state index is 0.257. The lowest BCUT2D eigenvalue weighted by molar-refractivity contribution is 0.102. The topological polar surface area (TPSA) is 85.8 Å². The number of oxazole rings is 1. The van der Waals surface area contributed by atoms with Crippen LogP contribution in [0.5, 0.6) is 0 Å². The van der Waals surface area contributed by atoms with E-state index in [1.807, 2.05) is 0 Å². The highest BCUT2D eigenvalue weighted by molar-refractivity contribution is 6.02. The zero-order valence-electron chi connectivity index (χ0n) is 10.1. The molecule has 2 heterocycles. The average Bonchev–Trinajstić information content (AvgIpc) is 2.71. The van der Waals surface area contributed by atoms with Crippen molar-refractivity contribution in [1.82, 2.24) is 19.7 Å². The Morgan fingerprint density at radius 1 is 1.29 bits per heavy atom. The molecule has 0 unspecified atom stereocenters. The fourth-order valence-corrected chi connectivity index (χ4v) is 1.42. The summed E-state index contributed by atoms with van der Waals surface area (Å²) in [5, 5.41) is 6.60. The van der Waals surface area contributed by atoms with Crippen molar-refractivity contribution in [3.05, 3.63) is 23.2 Å². The smallest absolute Gasteiger partial charge is 0.280 e. The number of carbonyl (C=O) groups excluding carboxylic acids is 1. The van der Waals surface area contributed by atoms with E-state index in [0.29, 0.717) is 17.5 Å². The highest BCUT2D eigenvalue weighted by Gasteiger charge is 2.17. The number of aromatic nitrogens is 4. The number of nitrogens with one attached hydrogen (secondary N) is 1. The average molecular weight is 235 g/mol. The first-order chi connectivity index (χ1) is 7.97. The van der Waals surface area contributed by atoms with Gasteiger partial charge >= 0.3 is 0 Å². The van der Waals surface area contributed by atoms with E-state index in [9.17, 15) is 4.79 Å². The van der Waals surface area contributed by atoms with Crippen LogP contribution in [-0.4, -0.2) is 25.7 Å². The molecule has 0 atom stereocenters. The number of amides is 1. The first-order valence-corrected chi connectivity index (χ1v) is 5.10. The maximum Gasteiger partial charge on any atom is 0.280 e. The summed E-state index contributed by atoms with van der Waals surface area (Å²) in [5.74, 6) is 1.54. The van der Waals surface area contributed by atoms with Crippen LogP contribution in [0.2, 0.25) is 0 Å². The third-order valence-electron chi connectivity index (χ3n) is 2.32. The molecule has 2 rings (SSSR count).